The predicted octanol–water partition coefficient (Wildman–Crippen LogP) is 1.48. The summed E-state index contributed by atoms with van der Waals surface area (Å²) in [6.07, 6.45) is 4.91. The number of hydrogen-bond donors (Lipinski definition) is 1. The van der Waals surface area contributed by atoms with Crippen molar-refractivity contribution in [2.45, 2.75) is 13.3 Å². The molecule has 0 aliphatic heterocycles. The van der Waals surface area contributed by atoms with Crippen molar-refractivity contribution >= 4 is 11.3 Å². The Morgan fingerprint density at radius 1 is 1.58 bits per heavy atom. The number of nitrogen functional groups attached to an aromatic ring is 1. The van der Waals surface area contributed by atoms with Crippen LogP contribution < -0.4 is 5.73 Å². The highest BCUT2D eigenvalue weighted by molar-refractivity contribution is 5.64. The molecule has 0 unspecified atom stereocenters. The largest absolute Gasteiger partial charge is 0.396 e. The van der Waals surface area contributed by atoms with E-state index in [2.05, 4.69) is 11.9 Å². The molecule has 2 aromatic rings. The quantitative estimate of drug-likeness (QED) is 0.688. The van der Waals surface area contributed by atoms with E-state index in [1.54, 1.807) is 0 Å². The van der Waals surface area contributed by atoms with Gasteiger partial charge in [0.2, 0.25) is 0 Å². The number of fused-ring (bicyclic) bond motifs is 1. The number of anilines is 1. The van der Waals surface area contributed by atoms with E-state index in [0.717, 1.165) is 23.4 Å². The van der Waals surface area contributed by atoms with Crippen LogP contribution in [0.5, 0.6) is 0 Å². The van der Waals surface area contributed by atoms with Crippen LogP contribution >= 0.6 is 0 Å². The van der Waals surface area contributed by atoms with E-state index in [4.69, 9.17) is 5.73 Å². The molecule has 0 atom stereocenters. The Hall–Kier alpha value is -1.51. The van der Waals surface area contributed by atoms with Gasteiger partial charge in [-0.2, -0.15) is 0 Å². The van der Waals surface area contributed by atoms with E-state index in [1.165, 1.54) is 0 Å². The average molecular weight is 161 g/mol. The molecule has 0 saturated carbocycles. The van der Waals surface area contributed by atoms with Gasteiger partial charge in [-0.3, -0.25) is 0 Å². The lowest BCUT2D eigenvalue weighted by molar-refractivity contribution is 1.07. The fraction of sp³-hybridized carbons (Fsp3) is 0.222. The first kappa shape index (κ1) is 7.16. The van der Waals surface area contributed by atoms with E-state index in [9.17, 15) is 0 Å². The Kier molecular flexibility index (Phi) is 1.50. The van der Waals surface area contributed by atoms with Crippen LogP contribution in [-0.2, 0) is 6.42 Å². The molecule has 3 heteroatoms. The molecule has 0 aliphatic carbocycles. The highest BCUT2D eigenvalue weighted by Gasteiger charge is 2.00. The van der Waals surface area contributed by atoms with Crippen LogP contribution in [0.25, 0.3) is 5.65 Å². The molecule has 0 bridgehead atoms. The van der Waals surface area contributed by atoms with Crippen LogP contribution in [0.3, 0.4) is 0 Å². The van der Waals surface area contributed by atoms with Crippen molar-refractivity contribution in [3.63, 3.8) is 0 Å². The summed E-state index contributed by atoms with van der Waals surface area (Å²) < 4.78 is 1.95. The molecule has 12 heavy (non-hydrogen) atoms. The fourth-order valence-corrected chi connectivity index (χ4v) is 1.26. The summed E-state index contributed by atoms with van der Waals surface area (Å²) in [5.74, 6) is 0. The van der Waals surface area contributed by atoms with Crippen LogP contribution in [0.2, 0.25) is 0 Å². The van der Waals surface area contributed by atoms with Gasteiger partial charge in [-0.15, -0.1) is 0 Å². The van der Waals surface area contributed by atoms with Crippen LogP contribution in [0, 0.1) is 0 Å². The van der Waals surface area contributed by atoms with E-state index in [1.807, 2.05) is 28.9 Å². The fourth-order valence-electron chi connectivity index (χ4n) is 1.26. The molecule has 2 heterocycles. The summed E-state index contributed by atoms with van der Waals surface area (Å²) in [5.41, 5.74) is 8.41. The monoisotopic (exact) mass is 161 g/mol. The maximum atomic E-state index is 5.74. The van der Waals surface area contributed by atoms with Crippen LogP contribution in [0.4, 0.5) is 5.69 Å². The maximum absolute atomic E-state index is 5.74. The molecule has 0 fully saturated rings. The van der Waals surface area contributed by atoms with Crippen molar-refractivity contribution in [3.8, 4) is 0 Å². The minimum absolute atomic E-state index is 0.734. The first-order valence-electron chi connectivity index (χ1n) is 4.03. The Balaban J connectivity index is 2.74. The van der Waals surface area contributed by atoms with Crippen molar-refractivity contribution in [2.24, 2.45) is 0 Å². The van der Waals surface area contributed by atoms with Gasteiger partial charge < -0.3 is 10.1 Å². The van der Waals surface area contributed by atoms with Crippen LogP contribution in [0.15, 0.2) is 24.5 Å². The number of aromatic nitrogens is 2. The van der Waals surface area contributed by atoms with E-state index >= 15 is 0 Å². The molecule has 2 N–H and O–H groups in total. The molecular weight excluding hydrogens is 150 g/mol. The number of aryl methyl sites for hydroxylation is 1. The zero-order valence-electron chi connectivity index (χ0n) is 6.99. The van der Waals surface area contributed by atoms with Gasteiger partial charge in [0.1, 0.15) is 0 Å². The van der Waals surface area contributed by atoms with Gasteiger partial charge in [0.25, 0.3) is 0 Å². The minimum Gasteiger partial charge on any atom is -0.396 e. The molecule has 0 aliphatic rings. The predicted molar refractivity (Wildman–Crippen MR) is 49.0 cm³/mol. The molecule has 62 valence electrons. The Morgan fingerprint density at radius 2 is 2.42 bits per heavy atom. The van der Waals surface area contributed by atoms with E-state index in [0.29, 0.717) is 0 Å². The minimum atomic E-state index is 0.734. The Morgan fingerprint density at radius 3 is 3.08 bits per heavy atom. The van der Waals surface area contributed by atoms with Crippen molar-refractivity contribution in [1.29, 1.82) is 0 Å². The number of imidazole rings is 1. The van der Waals surface area contributed by atoms with E-state index < -0.39 is 0 Å². The van der Waals surface area contributed by atoms with Gasteiger partial charge in [-0.05, 0) is 18.6 Å². The summed E-state index contributed by atoms with van der Waals surface area (Å²) >= 11 is 0. The van der Waals surface area contributed by atoms with Gasteiger partial charge in [0, 0.05) is 12.4 Å². The SMILES string of the molecule is CCc1cn2cccc(N)c2n1. The molecule has 2 aromatic heterocycles. The van der Waals surface area contributed by atoms with Crippen molar-refractivity contribution in [1.82, 2.24) is 9.38 Å². The number of rotatable bonds is 1. The lowest BCUT2D eigenvalue weighted by Gasteiger charge is -1.94. The zero-order chi connectivity index (χ0) is 8.55. The number of hydrogen-bond acceptors (Lipinski definition) is 2. The van der Waals surface area contributed by atoms with Crippen LogP contribution in [-0.4, -0.2) is 9.38 Å². The molecule has 2 rings (SSSR count). The highest BCUT2D eigenvalue weighted by Crippen LogP contribution is 2.12. The third-order valence-corrected chi connectivity index (χ3v) is 1.93. The molecule has 3 nitrogen and oxygen atoms in total. The highest BCUT2D eigenvalue weighted by atomic mass is 15.0. The summed E-state index contributed by atoms with van der Waals surface area (Å²) in [4.78, 5) is 4.37. The number of nitrogens with zero attached hydrogens (tertiary/aromatic N) is 2. The van der Waals surface area contributed by atoms with Gasteiger partial charge in [-0.1, -0.05) is 6.92 Å². The third kappa shape index (κ3) is 0.942. The van der Waals surface area contributed by atoms with Crippen molar-refractivity contribution < 1.29 is 0 Å². The lowest BCUT2D eigenvalue weighted by atomic mass is 10.4. The summed E-state index contributed by atoms with van der Waals surface area (Å²) in [6.45, 7) is 2.08. The van der Waals surface area contributed by atoms with Crippen molar-refractivity contribution in [3.05, 3.63) is 30.2 Å². The Bertz CT molecular complexity index is 403. The third-order valence-electron chi connectivity index (χ3n) is 1.93. The maximum Gasteiger partial charge on any atom is 0.160 e. The van der Waals surface area contributed by atoms with Gasteiger partial charge in [0.15, 0.2) is 5.65 Å². The topological polar surface area (TPSA) is 43.3 Å². The second-order valence-electron chi connectivity index (χ2n) is 2.78. The smallest absolute Gasteiger partial charge is 0.160 e. The molecule has 0 radical (unpaired) electrons. The molecule has 0 amide bonds. The summed E-state index contributed by atoms with van der Waals surface area (Å²) in [6, 6.07) is 3.78. The standard InChI is InChI=1S/C9H11N3/c1-2-7-6-12-5-3-4-8(10)9(12)11-7/h3-6H,2,10H2,1H3. The second-order valence-corrected chi connectivity index (χ2v) is 2.78. The second kappa shape index (κ2) is 2.52. The first-order valence-corrected chi connectivity index (χ1v) is 4.03. The molecule has 0 aromatic carbocycles. The average Bonchev–Trinajstić information content (AvgIpc) is 2.49. The Labute approximate surface area is 70.8 Å². The lowest BCUT2D eigenvalue weighted by Crippen LogP contribution is -1.90. The van der Waals surface area contributed by atoms with Crippen molar-refractivity contribution in [2.75, 3.05) is 5.73 Å². The van der Waals surface area contributed by atoms with Gasteiger partial charge >= 0.3 is 0 Å². The normalized spacial score (nSPS) is 10.8. The first-order chi connectivity index (χ1) is 5.81. The van der Waals surface area contributed by atoms with E-state index in [-0.39, 0.29) is 0 Å². The molecule has 0 spiro atoms. The summed E-state index contributed by atoms with van der Waals surface area (Å²) in [5, 5.41) is 0. The zero-order valence-corrected chi connectivity index (χ0v) is 6.99. The van der Waals surface area contributed by atoms with Gasteiger partial charge in [-0.25, -0.2) is 4.98 Å². The van der Waals surface area contributed by atoms with Gasteiger partial charge in [0.05, 0.1) is 11.4 Å². The molecule has 0 saturated heterocycles. The summed E-state index contributed by atoms with van der Waals surface area (Å²) in [7, 11) is 0. The van der Waals surface area contributed by atoms with Crippen LogP contribution in [0.1, 0.15) is 12.6 Å². The molecular formula is C9H11N3. The number of nitrogens with two attached hydrogens (primary N) is 1. The number of pyridine rings is 1.